The van der Waals surface area contributed by atoms with Crippen molar-refractivity contribution in [1.29, 1.82) is 0 Å². The molecule has 2 aromatic heterocycles. The molecule has 7 nitrogen and oxygen atoms in total. The number of imidazole rings is 1. The SMILES string of the molecule is C=S(C)(=O)c1ccc(C(=O)CSc2nc3c([nH]2)c(=S)n(C)c(=O)n3C)cc1. The van der Waals surface area contributed by atoms with Crippen LogP contribution in [-0.2, 0) is 23.6 Å². The normalized spacial score (nSPS) is 13.6. The van der Waals surface area contributed by atoms with Crippen LogP contribution in [0.3, 0.4) is 0 Å². The Morgan fingerprint density at radius 3 is 2.52 bits per heavy atom. The van der Waals surface area contributed by atoms with Crippen LogP contribution < -0.4 is 5.69 Å². The van der Waals surface area contributed by atoms with Crippen molar-refractivity contribution in [2.75, 3.05) is 12.0 Å². The van der Waals surface area contributed by atoms with Crippen molar-refractivity contribution in [3.05, 3.63) is 45.0 Å². The van der Waals surface area contributed by atoms with Gasteiger partial charge in [-0.05, 0) is 27.5 Å². The number of carbonyl (C=O) groups is 1. The molecule has 0 aliphatic carbocycles. The standard InChI is InChI=1S/C17H18N4O3S3/c1-20-14-13(15(25)21(2)17(20)23)18-16(19-14)26-9-12(22)10-5-7-11(8-6-10)27(3,4)24/h5-8H,3,9H2,1-2,4H3,(H,18,19). The van der Waals surface area contributed by atoms with Crippen LogP contribution in [0, 0.1) is 4.64 Å². The lowest BCUT2D eigenvalue weighted by Gasteiger charge is -2.04. The zero-order valence-electron chi connectivity index (χ0n) is 15.0. The number of carbonyl (C=O) groups excluding carboxylic acids is 1. The highest BCUT2D eigenvalue weighted by atomic mass is 32.2. The fraction of sp³-hybridized carbons (Fsp3) is 0.235. The lowest BCUT2D eigenvalue weighted by atomic mass is 10.1. The minimum atomic E-state index is -2.30. The third kappa shape index (κ3) is 3.78. The molecule has 1 N–H and O–H groups in total. The Kier molecular flexibility index (Phi) is 5.15. The van der Waals surface area contributed by atoms with Crippen LogP contribution in [0.25, 0.3) is 11.2 Å². The highest BCUT2D eigenvalue weighted by Crippen LogP contribution is 2.20. The lowest BCUT2D eigenvalue weighted by Crippen LogP contribution is -2.27. The third-order valence-corrected chi connectivity index (χ3v) is 6.71. The van der Waals surface area contributed by atoms with E-state index in [1.807, 2.05) is 0 Å². The zero-order valence-corrected chi connectivity index (χ0v) is 17.5. The molecule has 27 heavy (non-hydrogen) atoms. The highest BCUT2D eigenvalue weighted by molar-refractivity contribution is 8.00. The number of ketones is 1. The number of aryl methyl sites for hydroxylation is 1. The van der Waals surface area contributed by atoms with Crippen LogP contribution in [0.4, 0.5) is 0 Å². The number of hydrogen-bond donors (Lipinski definition) is 1. The first kappa shape index (κ1) is 19.6. The van der Waals surface area contributed by atoms with Crippen molar-refractivity contribution in [3.63, 3.8) is 0 Å². The summed E-state index contributed by atoms with van der Waals surface area (Å²) in [6, 6.07) is 6.62. The van der Waals surface area contributed by atoms with Crippen molar-refractivity contribution in [2.24, 2.45) is 14.1 Å². The van der Waals surface area contributed by atoms with E-state index in [1.165, 1.54) is 20.9 Å². The van der Waals surface area contributed by atoms with Gasteiger partial charge in [0.05, 0.1) is 5.75 Å². The molecular formula is C17H18N4O3S3. The molecule has 2 heterocycles. The summed E-state index contributed by atoms with van der Waals surface area (Å²) in [4.78, 5) is 32.6. The Morgan fingerprint density at radius 1 is 1.30 bits per heavy atom. The molecule has 142 valence electrons. The van der Waals surface area contributed by atoms with E-state index < -0.39 is 9.52 Å². The molecule has 0 aliphatic rings. The maximum atomic E-state index is 12.4. The van der Waals surface area contributed by atoms with Crippen molar-refractivity contribution in [2.45, 2.75) is 10.1 Å². The summed E-state index contributed by atoms with van der Waals surface area (Å²) in [5, 5.41) is 0.511. The van der Waals surface area contributed by atoms with Crippen LogP contribution in [0.1, 0.15) is 10.4 Å². The number of H-pyrrole nitrogens is 1. The van der Waals surface area contributed by atoms with E-state index in [2.05, 4.69) is 15.8 Å². The predicted octanol–water partition coefficient (Wildman–Crippen LogP) is 2.01. The first-order valence-corrected chi connectivity index (χ1v) is 11.4. The topological polar surface area (TPSA) is 89.8 Å². The Hall–Kier alpha value is -2.17. The average molecular weight is 423 g/mol. The van der Waals surface area contributed by atoms with Gasteiger partial charge in [0.15, 0.2) is 16.6 Å². The number of nitrogens with one attached hydrogen (secondary N) is 1. The van der Waals surface area contributed by atoms with Gasteiger partial charge < -0.3 is 4.98 Å². The van der Waals surface area contributed by atoms with E-state index in [4.69, 9.17) is 12.2 Å². The molecule has 3 aromatic rings. The molecule has 10 heteroatoms. The average Bonchev–Trinajstić information content (AvgIpc) is 3.06. The number of hydrogen-bond acceptors (Lipinski definition) is 6. The summed E-state index contributed by atoms with van der Waals surface area (Å²) < 4.78 is 15.1. The van der Waals surface area contributed by atoms with E-state index >= 15 is 0 Å². The first-order valence-electron chi connectivity index (χ1n) is 7.83. The van der Waals surface area contributed by atoms with E-state index in [1.54, 1.807) is 44.6 Å². The second kappa shape index (κ2) is 7.10. The minimum Gasteiger partial charge on any atom is -0.329 e. The molecule has 1 atom stereocenters. The number of aromatic nitrogens is 4. The Labute approximate surface area is 165 Å². The van der Waals surface area contributed by atoms with Gasteiger partial charge in [0, 0.05) is 30.8 Å². The summed E-state index contributed by atoms with van der Waals surface area (Å²) in [5.74, 6) is 3.71. The van der Waals surface area contributed by atoms with Gasteiger partial charge >= 0.3 is 5.69 Å². The van der Waals surface area contributed by atoms with Gasteiger partial charge in [-0.25, -0.2) is 9.78 Å². The Morgan fingerprint density at radius 2 is 1.93 bits per heavy atom. The monoisotopic (exact) mass is 422 g/mol. The highest BCUT2D eigenvalue weighted by Gasteiger charge is 2.14. The van der Waals surface area contributed by atoms with Crippen molar-refractivity contribution < 1.29 is 9.00 Å². The van der Waals surface area contributed by atoms with E-state index in [0.717, 1.165) is 0 Å². The number of thioether (sulfide) groups is 1. The molecule has 0 radical (unpaired) electrons. The molecule has 0 saturated carbocycles. The van der Waals surface area contributed by atoms with Crippen molar-refractivity contribution in [3.8, 4) is 0 Å². The Balaban J connectivity index is 1.82. The first-order chi connectivity index (χ1) is 12.6. The third-order valence-electron chi connectivity index (χ3n) is 4.09. The van der Waals surface area contributed by atoms with Crippen LogP contribution in [0.15, 0.2) is 39.1 Å². The maximum Gasteiger partial charge on any atom is 0.330 e. The van der Waals surface area contributed by atoms with E-state index in [-0.39, 0.29) is 17.2 Å². The van der Waals surface area contributed by atoms with E-state index in [0.29, 0.717) is 31.4 Å². The number of fused-ring (bicyclic) bond motifs is 1. The van der Waals surface area contributed by atoms with Gasteiger partial charge in [0.25, 0.3) is 0 Å². The predicted molar refractivity (Wildman–Crippen MR) is 112 cm³/mol. The summed E-state index contributed by atoms with van der Waals surface area (Å²) in [5.41, 5.74) is 1.30. The number of aromatic amines is 1. The molecular weight excluding hydrogens is 404 g/mol. The van der Waals surface area contributed by atoms with Gasteiger partial charge in [-0.15, -0.1) is 0 Å². The van der Waals surface area contributed by atoms with Crippen LogP contribution >= 0.6 is 24.0 Å². The van der Waals surface area contributed by atoms with Crippen LogP contribution in [-0.4, -0.2) is 47.0 Å². The van der Waals surface area contributed by atoms with Crippen molar-refractivity contribution >= 4 is 56.3 Å². The van der Waals surface area contributed by atoms with E-state index in [9.17, 15) is 13.8 Å². The van der Waals surface area contributed by atoms with Crippen molar-refractivity contribution in [1.82, 2.24) is 19.1 Å². The molecule has 1 aromatic carbocycles. The molecule has 0 aliphatic heterocycles. The smallest absolute Gasteiger partial charge is 0.329 e. The van der Waals surface area contributed by atoms with Gasteiger partial charge in [-0.1, -0.05) is 36.1 Å². The molecule has 0 bridgehead atoms. The number of Topliss-reactive ketones (excluding diaryl/α,β-unsaturated/α-hetero) is 1. The molecule has 3 rings (SSSR count). The quantitative estimate of drug-likeness (QED) is 0.384. The number of benzene rings is 1. The molecule has 1 unspecified atom stereocenters. The number of nitrogens with zero attached hydrogens (tertiary/aromatic N) is 3. The lowest BCUT2D eigenvalue weighted by molar-refractivity contribution is 0.102. The number of rotatable bonds is 5. The summed E-state index contributed by atoms with van der Waals surface area (Å²) in [6.45, 7) is 0. The second-order valence-electron chi connectivity index (χ2n) is 6.19. The van der Waals surface area contributed by atoms with Gasteiger partial charge in [-0.3, -0.25) is 18.1 Å². The second-order valence-corrected chi connectivity index (χ2v) is 10.0. The largest absolute Gasteiger partial charge is 0.330 e. The molecule has 0 saturated heterocycles. The van der Waals surface area contributed by atoms with Crippen LogP contribution in [0.5, 0.6) is 0 Å². The molecule has 0 spiro atoms. The molecule has 0 amide bonds. The fourth-order valence-corrected chi connectivity index (χ4v) is 4.21. The minimum absolute atomic E-state index is 0.0864. The fourth-order valence-electron chi connectivity index (χ4n) is 2.52. The van der Waals surface area contributed by atoms with Gasteiger partial charge in [0.2, 0.25) is 0 Å². The van der Waals surface area contributed by atoms with Gasteiger partial charge in [0.1, 0.15) is 10.2 Å². The molecule has 0 fully saturated rings. The van der Waals surface area contributed by atoms with Gasteiger partial charge in [-0.2, -0.15) is 0 Å². The summed E-state index contributed by atoms with van der Waals surface area (Å²) in [6.07, 6.45) is 1.56. The zero-order chi connectivity index (χ0) is 19.9. The summed E-state index contributed by atoms with van der Waals surface area (Å²) in [7, 11) is 0.922. The summed E-state index contributed by atoms with van der Waals surface area (Å²) >= 11 is 6.52. The van der Waals surface area contributed by atoms with Crippen LogP contribution in [0.2, 0.25) is 0 Å². The maximum absolute atomic E-state index is 12.4. The Bertz CT molecular complexity index is 1270.